The Balaban J connectivity index is 1.02. The van der Waals surface area contributed by atoms with Crippen LogP contribution >= 0.6 is 0 Å². The summed E-state index contributed by atoms with van der Waals surface area (Å²) in [7, 11) is 0. The van der Waals surface area contributed by atoms with Gasteiger partial charge in [0, 0.05) is 43.5 Å². The number of rotatable bonds is 8. The molecule has 1 aromatic carbocycles. The van der Waals surface area contributed by atoms with E-state index in [9.17, 15) is 4.79 Å². The van der Waals surface area contributed by atoms with Crippen LogP contribution in [0.4, 0.5) is 11.9 Å². The number of carbonyl (C=O) groups excluding carboxylic acids is 1. The highest BCUT2D eigenvalue weighted by atomic mass is 16.7. The molecule has 5 heterocycles. The van der Waals surface area contributed by atoms with Gasteiger partial charge < -0.3 is 29.4 Å². The normalized spacial score (nSPS) is 16.4. The Morgan fingerprint density at radius 2 is 1.98 bits per heavy atom. The van der Waals surface area contributed by atoms with Crippen LogP contribution in [0.2, 0.25) is 0 Å². The lowest BCUT2D eigenvalue weighted by atomic mass is 9.98. The molecule has 6 rings (SSSR count). The molecule has 208 valence electrons. The zero-order valence-electron chi connectivity index (χ0n) is 22.6. The largest absolute Gasteiger partial charge is 0.454 e. The monoisotopic (exact) mass is 545 g/mol. The Bertz CT molecular complexity index is 1490. The van der Waals surface area contributed by atoms with Gasteiger partial charge >= 0.3 is 5.97 Å². The van der Waals surface area contributed by atoms with Crippen LogP contribution in [0.5, 0.6) is 11.5 Å². The van der Waals surface area contributed by atoms with E-state index in [-0.39, 0.29) is 25.4 Å². The molecular formula is C27H31N9O4. The van der Waals surface area contributed by atoms with Gasteiger partial charge in [0.15, 0.2) is 18.2 Å². The average Bonchev–Trinajstić information content (AvgIpc) is 3.76. The number of ether oxygens (including phenoxy) is 3. The van der Waals surface area contributed by atoms with Crippen molar-refractivity contribution >= 4 is 17.9 Å². The number of carbonyl (C=O) groups is 1. The number of fused-ring (bicyclic) bond motifs is 1. The van der Waals surface area contributed by atoms with Crippen molar-refractivity contribution in [1.82, 2.24) is 34.9 Å². The summed E-state index contributed by atoms with van der Waals surface area (Å²) in [5.74, 6) is 2.76. The van der Waals surface area contributed by atoms with Gasteiger partial charge in [0.05, 0.1) is 29.2 Å². The third-order valence-electron chi connectivity index (χ3n) is 6.82. The molecule has 1 fully saturated rings. The van der Waals surface area contributed by atoms with Gasteiger partial charge in [0.1, 0.15) is 0 Å². The lowest BCUT2D eigenvalue weighted by molar-refractivity contribution is -0.157. The predicted octanol–water partition coefficient (Wildman–Crippen LogP) is 3.34. The minimum atomic E-state index is -0.558. The second-order valence-electron chi connectivity index (χ2n) is 10.9. The van der Waals surface area contributed by atoms with E-state index in [2.05, 4.69) is 40.5 Å². The second kappa shape index (κ2) is 10.5. The summed E-state index contributed by atoms with van der Waals surface area (Å²) in [5.41, 5.74) is 3.05. The van der Waals surface area contributed by atoms with E-state index in [0.29, 0.717) is 12.5 Å². The van der Waals surface area contributed by atoms with E-state index >= 15 is 0 Å². The molecule has 13 heteroatoms. The van der Waals surface area contributed by atoms with Gasteiger partial charge in [0.25, 0.3) is 0 Å². The Kier molecular flexibility index (Phi) is 6.70. The number of nitrogens with one attached hydrogen (secondary N) is 2. The number of hydrogen-bond acceptors (Lipinski definition) is 11. The highest BCUT2D eigenvalue weighted by Gasteiger charge is 2.28. The number of esters is 1. The molecule has 40 heavy (non-hydrogen) atoms. The van der Waals surface area contributed by atoms with Crippen LogP contribution in [0.15, 0.2) is 43.0 Å². The van der Waals surface area contributed by atoms with Crippen molar-refractivity contribution in [3.05, 3.63) is 54.2 Å². The van der Waals surface area contributed by atoms with Crippen LogP contribution in [0, 0.1) is 5.41 Å². The lowest BCUT2D eigenvalue weighted by Gasteiger charge is -2.16. The first kappa shape index (κ1) is 25.6. The standard InChI is InChI=1S/C27H31N9O4/c1-27(2,3)24(37)38-15-36-14-21(33-34-36)18-6-7-35(13-18)26-31-12-20(32-26)19-10-29-25(30-11-19)28-9-17-4-5-22-23(8-17)40-16-39-22/h4-5,8,10-12,14,18H,6-7,9,13,15-16H2,1-3H3,(H,31,32)(H,28,29,30). The van der Waals surface area contributed by atoms with Gasteiger partial charge in [-0.1, -0.05) is 11.3 Å². The minimum Gasteiger partial charge on any atom is -0.454 e. The van der Waals surface area contributed by atoms with Gasteiger partial charge in [-0.2, -0.15) is 0 Å². The summed E-state index contributed by atoms with van der Waals surface area (Å²) in [5, 5.41) is 11.7. The third-order valence-corrected chi connectivity index (χ3v) is 6.82. The van der Waals surface area contributed by atoms with E-state index < -0.39 is 5.41 Å². The molecule has 0 bridgehead atoms. The SMILES string of the molecule is CC(C)(C)C(=O)OCn1cc(C2CCN(c3ncc(-c4cnc(NCc5ccc6c(c5)OCO6)nc4)[nH]3)C2)nn1. The molecule has 2 aliphatic heterocycles. The average molecular weight is 546 g/mol. The molecule has 1 unspecified atom stereocenters. The van der Waals surface area contributed by atoms with E-state index in [1.165, 1.54) is 0 Å². The van der Waals surface area contributed by atoms with Crippen LogP contribution in [0.3, 0.4) is 0 Å². The topological polar surface area (TPSA) is 145 Å². The highest BCUT2D eigenvalue weighted by Crippen LogP contribution is 2.33. The first-order valence-electron chi connectivity index (χ1n) is 13.1. The summed E-state index contributed by atoms with van der Waals surface area (Å²) in [6.07, 6.45) is 8.09. The van der Waals surface area contributed by atoms with Gasteiger partial charge in [-0.05, 0) is 44.9 Å². The predicted molar refractivity (Wildman–Crippen MR) is 145 cm³/mol. The van der Waals surface area contributed by atoms with E-state index in [0.717, 1.165) is 59.5 Å². The molecule has 0 aliphatic carbocycles. The number of aromatic amines is 1. The summed E-state index contributed by atoms with van der Waals surface area (Å²) in [6, 6.07) is 5.83. The van der Waals surface area contributed by atoms with Crippen molar-refractivity contribution in [1.29, 1.82) is 0 Å². The summed E-state index contributed by atoms with van der Waals surface area (Å²) in [6.45, 7) is 7.92. The lowest BCUT2D eigenvalue weighted by Crippen LogP contribution is -2.24. The van der Waals surface area contributed by atoms with Crippen molar-refractivity contribution < 1.29 is 19.0 Å². The van der Waals surface area contributed by atoms with Gasteiger partial charge in [0.2, 0.25) is 18.7 Å². The van der Waals surface area contributed by atoms with Gasteiger partial charge in [-0.25, -0.2) is 19.6 Å². The number of hydrogen-bond donors (Lipinski definition) is 2. The molecule has 1 saturated heterocycles. The molecule has 3 aromatic heterocycles. The maximum absolute atomic E-state index is 12.0. The molecule has 1 atom stereocenters. The number of nitrogens with zero attached hydrogens (tertiary/aromatic N) is 7. The summed E-state index contributed by atoms with van der Waals surface area (Å²) in [4.78, 5) is 31.1. The van der Waals surface area contributed by atoms with Crippen LogP contribution in [-0.2, 0) is 22.8 Å². The van der Waals surface area contributed by atoms with Crippen LogP contribution in [0.25, 0.3) is 11.3 Å². The Hall–Kier alpha value is -4.68. The van der Waals surface area contributed by atoms with Crippen molar-refractivity contribution in [2.75, 3.05) is 30.1 Å². The van der Waals surface area contributed by atoms with Crippen molar-refractivity contribution in [3.63, 3.8) is 0 Å². The van der Waals surface area contributed by atoms with Crippen molar-refractivity contribution in [3.8, 4) is 22.8 Å². The van der Waals surface area contributed by atoms with Crippen LogP contribution in [-0.4, -0.2) is 60.8 Å². The molecule has 0 saturated carbocycles. The molecule has 0 radical (unpaired) electrons. The van der Waals surface area contributed by atoms with Crippen molar-refractivity contribution in [2.45, 2.75) is 46.4 Å². The highest BCUT2D eigenvalue weighted by molar-refractivity contribution is 5.75. The van der Waals surface area contributed by atoms with Gasteiger partial charge in [-0.15, -0.1) is 5.10 Å². The van der Waals surface area contributed by atoms with E-state index in [1.807, 2.05) is 45.2 Å². The van der Waals surface area contributed by atoms with E-state index in [4.69, 9.17) is 14.2 Å². The number of imidazole rings is 1. The Labute approximate surface area is 230 Å². The van der Waals surface area contributed by atoms with Gasteiger partial charge in [-0.3, -0.25) is 4.79 Å². The summed E-state index contributed by atoms with van der Waals surface area (Å²) < 4.78 is 17.7. The summed E-state index contributed by atoms with van der Waals surface area (Å²) >= 11 is 0. The third kappa shape index (κ3) is 5.53. The second-order valence-corrected chi connectivity index (χ2v) is 10.9. The molecular weight excluding hydrogens is 514 g/mol. The quantitative estimate of drug-likeness (QED) is 0.314. The fraction of sp³-hybridized carbons (Fsp3) is 0.407. The fourth-order valence-electron chi connectivity index (χ4n) is 4.51. The van der Waals surface area contributed by atoms with Crippen LogP contribution in [0.1, 0.15) is 44.4 Å². The molecule has 13 nitrogen and oxygen atoms in total. The van der Waals surface area contributed by atoms with Crippen LogP contribution < -0.4 is 19.7 Å². The molecule has 2 aliphatic rings. The van der Waals surface area contributed by atoms with E-state index in [1.54, 1.807) is 23.3 Å². The fourth-order valence-corrected chi connectivity index (χ4v) is 4.51. The number of H-pyrrole nitrogens is 1. The zero-order chi connectivity index (χ0) is 27.7. The first-order valence-corrected chi connectivity index (χ1v) is 13.1. The maximum Gasteiger partial charge on any atom is 0.313 e. The van der Waals surface area contributed by atoms with Crippen molar-refractivity contribution in [2.24, 2.45) is 5.41 Å². The maximum atomic E-state index is 12.0. The minimum absolute atomic E-state index is 0.0515. The Morgan fingerprint density at radius 1 is 1.15 bits per heavy atom. The molecule has 0 spiro atoms. The smallest absolute Gasteiger partial charge is 0.313 e. The molecule has 2 N–H and O–H groups in total. The molecule has 4 aromatic rings. The Morgan fingerprint density at radius 3 is 2.80 bits per heavy atom. The first-order chi connectivity index (χ1) is 19.3. The zero-order valence-corrected chi connectivity index (χ0v) is 22.6. The molecule has 0 amide bonds. The number of anilines is 2. The number of aromatic nitrogens is 7. The number of benzene rings is 1.